The van der Waals surface area contributed by atoms with Gasteiger partial charge in [0.05, 0.1) is 23.4 Å². The minimum Gasteiger partial charge on any atom is -0.463 e. The van der Waals surface area contributed by atoms with Crippen molar-refractivity contribution in [2.45, 2.75) is 112 Å². The van der Waals surface area contributed by atoms with Crippen LogP contribution in [-0.4, -0.2) is 90.8 Å². The highest BCUT2D eigenvalue weighted by Gasteiger charge is 2.46. The quantitative estimate of drug-likeness (QED) is 0.0891. The van der Waals surface area contributed by atoms with Gasteiger partial charge in [0.2, 0.25) is 11.8 Å². The van der Waals surface area contributed by atoms with Gasteiger partial charge >= 0.3 is 18.2 Å². The fourth-order valence-electron chi connectivity index (χ4n) is 5.43. The number of ether oxygens (including phenoxy) is 3. The molecular weight excluding hydrogens is 676 g/mol. The predicted octanol–water partition coefficient (Wildman–Crippen LogP) is 7.11. The number of hydrogen-bond donors (Lipinski definition) is 2. The lowest BCUT2D eigenvalue weighted by Gasteiger charge is -2.42. The Labute approximate surface area is 309 Å². The smallest absolute Gasteiger partial charge is 0.411 e. The number of amides is 4. The van der Waals surface area contributed by atoms with Crippen molar-refractivity contribution in [1.29, 1.82) is 0 Å². The van der Waals surface area contributed by atoms with Crippen molar-refractivity contribution in [3.63, 3.8) is 0 Å². The van der Waals surface area contributed by atoms with E-state index in [0.29, 0.717) is 11.1 Å². The summed E-state index contributed by atoms with van der Waals surface area (Å²) in [6, 6.07) is 2.07. The van der Waals surface area contributed by atoms with Crippen LogP contribution in [0.4, 0.5) is 15.3 Å². The summed E-state index contributed by atoms with van der Waals surface area (Å²) in [6.45, 7) is 25.1. The van der Waals surface area contributed by atoms with Gasteiger partial charge in [0.1, 0.15) is 24.3 Å². The van der Waals surface area contributed by atoms with Crippen LogP contribution in [0.3, 0.4) is 0 Å². The van der Waals surface area contributed by atoms with Crippen LogP contribution in [0.25, 0.3) is 0 Å². The molecule has 286 valence electrons. The topological polar surface area (TPSA) is 144 Å². The van der Waals surface area contributed by atoms with Gasteiger partial charge in [-0.25, -0.2) is 14.4 Å². The van der Waals surface area contributed by atoms with E-state index in [1.54, 1.807) is 79.8 Å². The van der Waals surface area contributed by atoms with E-state index in [1.807, 2.05) is 34.6 Å². The minimum absolute atomic E-state index is 0.0143. The third-order valence-electron chi connectivity index (χ3n) is 8.18. The van der Waals surface area contributed by atoms with E-state index in [4.69, 9.17) is 25.8 Å². The second-order valence-corrected chi connectivity index (χ2v) is 15.9. The molecule has 0 spiro atoms. The van der Waals surface area contributed by atoms with Crippen LogP contribution in [0, 0.1) is 11.3 Å². The van der Waals surface area contributed by atoms with E-state index in [2.05, 4.69) is 17.2 Å². The molecule has 3 atom stereocenters. The van der Waals surface area contributed by atoms with Gasteiger partial charge in [-0.2, -0.15) is 0 Å². The van der Waals surface area contributed by atoms with Crippen molar-refractivity contribution < 1.29 is 38.2 Å². The number of nitrogens with one attached hydrogen (secondary N) is 2. The van der Waals surface area contributed by atoms with Gasteiger partial charge in [0, 0.05) is 25.1 Å². The summed E-state index contributed by atoms with van der Waals surface area (Å²) in [5, 5.41) is 5.79. The van der Waals surface area contributed by atoms with Crippen LogP contribution in [0.5, 0.6) is 0 Å². The molecule has 0 aliphatic rings. The van der Waals surface area contributed by atoms with Crippen LogP contribution in [0.1, 0.15) is 88.6 Å². The first kappa shape index (κ1) is 45.0. The highest BCUT2D eigenvalue weighted by atomic mass is 35.5. The highest BCUT2D eigenvalue weighted by molar-refractivity contribution is 6.33. The van der Waals surface area contributed by atoms with Crippen LogP contribution in [0.2, 0.25) is 5.02 Å². The Morgan fingerprint density at radius 1 is 0.961 bits per heavy atom. The lowest BCUT2D eigenvalue weighted by Crippen LogP contribution is -2.63. The lowest BCUT2D eigenvalue weighted by molar-refractivity contribution is -0.142. The van der Waals surface area contributed by atoms with Crippen LogP contribution in [-0.2, 0) is 34.0 Å². The molecule has 0 aliphatic heterocycles. The minimum atomic E-state index is -1.23. The number of nitrogens with zero attached hydrogens (tertiary/aromatic N) is 2. The molecule has 2 N–H and O–H groups in total. The monoisotopic (exact) mass is 734 g/mol. The van der Waals surface area contributed by atoms with E-state index in [-0.39, 0.29) is 29.8 Å². The van der Waals surface area contributed by atoms with E-state index in [1.165, 1.54) is 22.9 Å². The maximum Gasteiger partial charge on any atom is 0.411 e. The zero-order valence-electron chi connectivity index (χ0n) is 32.9. The van der Waals surface area contributed by atoms with E-state index < -0.39 is 64.5 Å². The highest BCUT2D eigenvalue weighted by Crippen LogP contribution is 2.36. The SMILES string of the molecule is C=CCOC(=O)Nc1cc(C(C)(C)C(C(=O)N[C@H](C(=O)N(C)[C@H](/C=C(\C)C(=O)OCC)C(C)C)C(C)(C)C)N(C)C(=O)OC(C)(C)C)ccc1Cl. The molecule has 4 amide bonds. The van der Waals surface area contributed by atoms with E-state index in [0.717, 1.165) is 0 Å². The van der Waals surface area contributed by atoms with Gasteiger partial charge in [-0.1, -0.05) is 84.9 Å². The number of likely N-dealkylation sites (N-methyl/N-ethyl adjacent to an activating group) is 2. The molecule has 1 unspecified atom stereocenters. The van der Waals surface area contributed by atoms with Crippen molar-refractivity contribution >= 4 is 47.3 Å². The number of halogens is 1. The number of carbonyl (C=O) groups excluding carboxylic acids is 5. The maximum absolute atomic E-state index is 14.6. The van der Waals surface area contributed by atoms with Gasteiger partial charge < -0.3 is 24.4 Å². The molecule has 51 heavy (non-hydrogen) atoms. The van der Waals surface area contributed by atoms with Gasteiger partial charge in [0.15, 0.2) is 0 Å². The summed E-state index contributed by atoms with van der Waals surface area (Å²) in [4.78, 5) is 70.0. The molecule has 1 aromatic rings. The zero-order chi connectivity index (χ0) is 39.6. The Kier molecular flexibility index (Phi) is 16.3. The molecule has 12 nitrogen and oxygen atoms in total. The van der Waals surface area contributed by atoms with Crippen molar-refractivity contribution in [2.75, 3.05) is 32.6 Å². The van der Waals surface area contributed by atoms with Gasteiger partial charge in [-0.15, -0.1) is 0 Å². The summed E-state index contributed by atoms with van der Waals surface area (Å²) in [6.07, 6.45) is 1.61. The molecule has 0 saturated heterocycles. The first-order valence-corrected chi connectivity index (χ1v) is 17.4. The van der Waals surface area contributed by atoms with Crippen LogP contribution >= 0.6 is 11.6 Å². The van der Waals surface area contributed by atoms with Crippen molar-refractivity contribution in [3.05, 3.63) is 53.1 Å². The molecule has 0 aliphatic carbocycles. The van der Waals surface area contributed by atoms with Crippen LogP contribution in [0.15, 0.2) is 42.5 Å². The van der Waals surface area contributed by atoms with Crippen LogP contribution < -0.4 is 10.6 Å². The van der Waals surface area contributed by atoms with Crippen molar-refractivity contribution in [3.8, 4) is 0 Å². The number of esters is 1. The van der Waals surface area contributed by atoms with Crippen molar-refractivity contribution in [1.82, 2.24) is 15.1 Å². The Balaban J connectivity index is 3.77. The molecule has 0 aromatic heterocycles. The molecule has 0 bridgehead atoms. The number of benzene rings is 1. The normalized spacial score (nSPS) is 14.1. The molecular formula is C38H59ClN4O8. The van der Waals surface area contributed by atoms with E-state index in [9.17, 15) is 24.0 Å². The fraction of sp³-hybridized carbons (Fsp3) is 0.605. The summed E-state index contributed by atoms with van der Waals surface area (Å²) in [7, 11) is 3.09. The first-order chi connectivity index (χ1) is 23.3. The molecule has 1 aromatic carbocycles. The van der Waals surface area contributed by atoms with Gasteiger partial charge in [-0.3, -0.25) is 19.8 Å². The van der Waals surface area contributed by atoms with E-state index >= 15 is 0 Å². The number of rotatable bonds is 14. The molecule has 0 heterocycles. The second kappa shape index (κ2) is 18.4. The molecule has 0 saturated carbocycles. The Morgan fingerprint density at radius 3 is 2.04 bits per heavy atom. The zero-order valence-corrected chi connectivity index (χ0v) is 33.6. The maximum atomic E-state index is 14.6. The number of hydrogen-bond acceptors (Lipinski definition) is 8. The van der Waals surface area contributed by atoms with Gasteiger partial charge in [-0.05, 0) is 63.6 Å². The average Bonchev–Trinajstić information content (AvgIpc) is 3.00. The molecule has 0 fully saturated rings. The number of anilines is 1. The van der Waals surface area contributed by atoms with Gasteiger partial charge in [0.25, 0.3) is 0 Å². The second-order valence-electron chi connectivity index (χ2n) is 15.5. The standard InChI is InChI=1S/C38H59ClN4O8/c1-16-20-50-34(47)40-27-22-25(18-19-26(27)39)38(12,13)30(43(15)35(48)51-37(9,10)11)31(44)41-29(36(6,7)8)32(45)42(14)28(23(3)4)21-24(5)33(46)49-17-2/h16,18-19,21-23,28-30H,1,17,20H2,2-15H3,(H,40,47)(H,41,44)/b24-21+/t28-,29-,30?/m1/s1. The Hall–Kier alpha value is -4.06. The predicted molar refractivity (Wildman–Crippen MR) is 201 cm³/mol. The fourth-order valence-corrected chi connectivity index (χ4v) is 5.59. The number of carbonyl (C=O) groups is 5. The summed E-state index contributed by atoms with van der Waals surface area (Å²) >= 11 is 6.42. The third-order valence-corrected chi connectivity index (χ3v) is 8.51. The lowest BCUT2D eigenvalue weighted by atomic mass is 9.76. The molecule has 13 heteroatoms. The summed E-state index contributed by atoms with van der Waals surface area (Å²) < 4.78 is 15.9. The first-order valence-electron chi connectivity index (χ1n) is 17.0. The summed E-state index contributed by atoms with van der Waals surface area (Å²) in [5.74, 6) is -1.58. The Bertz CT molecular complexity index is 1460. The average molecular weight is 735 g/mol. The molecule has 1 rings (SSSR count). The summed E-state index contributed by atoms with van der Waals surface area (Å²) in [5.41, 5.74) is -1.68. The Morgan fingerprint density at radius 2 is 1.55 bits per heavy atom. The largest absolute Gasteiger partial charge is 0.463 e. The third kappa shape index (κ3) is 12.9. The van der Waals surface area contributed by atoms with Crippen molar-refractivity contribution in [2.24, 2.45) is 11.3 Å². The molecule has 0 radical (unpaired) electrons.